The Bertz CT molecular complexity index is 754. The molecule has 2 amide bonds. The highest BCUT2D eigenvalue weighted by Crippen LogP contribution is 2.42. The van der Waals surface area contributed by atoms with Gasteiger partial charge in [-0.2, -0.15) is 5.10 Å². The van der Waals surface area contributed by atoms with Crippen LogP contribution in [0.2, 0.25) is 0 Å². The van der Waals surface area contributed by atoms with Crippen molar-refractivity contribution in [3.63, 3.8) is 0 Å². The van der Waals surface area contributed by atoms with Crippen molar-refractivity contribution >= 4 is 34.8 Å². The van der Waals surface area contributed by atoms with Gasteiger partial charge in [0.1, 0.15) is 11.9 Å². The number of nitrogens with zero attached hydrogens (tertiary/aromatic N) is 3. The van der Waals surface area contributed by atoms with Gasteiger partial charge < -0.3 is 19.7 Å². The maximum absolute atomic E-state index is 12.5. The van der Waals surface area contributed by atoms with Crippen molar-refractivity contribution in [1.82, 2.24) is 14.7 Å². The van der Waals surface area contributed by atoms with Gasteiger partial charge in [0.15, 0.2) is 0 Å². The van der Waals surface area contributed by atoms with Gasteiger partial charge in [0.2, 0.25) is 0 Å². The summed E-state index contributed by atoms with van der Waals surface area (Å²) >= 11 is 5.68. The quantitative estimate of drug-likeness (QED) is 0.634. The van der Waals surface area contributed by atoms with Crippen LogP contribution in [0.5, 0.6) is 0 Å². The van der Waals surface area contributed by atoms with E-state index in [1.54, 1.807) is 20.8 Å². The van der Waals surface area contributed by atoms with Gasteiger partial charge in [-0.05, 0) is 45.2 Å². The molecule has 2 aliphatic rings. The molecule has 0 aliphatic carbocycles. The van der Waals surface area contributed by atoms with Crippen LogP contribution in [0, 0.1) is 0 Å². The number of hydrogen-bond donors (Lipinski definition) is 1. The molecule has 2 aliphatic heterocycles. The van der Waals surface area contributed by atoms with Crippen LogP contribution in [0.4, 0.5) is 15.4 Å². The summed E-state index contributed by atoms with van der Waals surface area (Å²) < 4.78 is 11.4. The lowest BCUT2D eigenvalue weighted by Crippen LogP contribution is -2.38. The van der Waals surface area contributed by atoms with Crippen molar-refractivity contribution in [1.29, 1.82) is 0 Å². The second kappa shape index (κ2) is 6.88. The van der Waals surface area contributed by atoms with Gasteiger partial charge in [-0.25, -0.2) is 4.79 Å². The molecule has 9 nitrogen and oxygen atoms in total. The lowest BCUT2D eigenvalue weighted by atomic mass is 10.0. The number of amides is 2. The third-order valence-electron chi connectivity index (χ3n) is 4.67. The molecular weight excluding hydrogens is 364 g/mol. The number of ether oxygens (including phenoxy) is 2. The van der Waals surface area contributed by atoms with Crippen molar-refractivity contribution in [2.75, 3.05) is 18.5 Å². The van der Waals surface area contributed by atoms with Gasteiger partial charge in [0.25, 0.3) is 5.91 Å². The maximum Gasteiger partial charge on any atom is 0.436 e. The minimum Gasteiger partial charge on any atom is -0.448 e. The number of hydrogen-bond acceptors (Lipinski definition) is 6. The molecule has 1 aromatic rings. The highest BCUT2D eigenvalue weighted by atomic mass is 35.5. The van der Waals surface area contributed by atoms with Gasteiger partial charge in [0.05, 0.1) is 24.4 Å². The Hall–Kier alpha value is -2.13. The minimum atomic E-state index is -0.824. The number of nitrogens with one attached hydrogen (secondary N) is 1. The van der Waals surface area contributed by atoms with Crippen LogP contribution in [0.3, 0.4) is 0 Å². The standard InChI is InChI=1S/C16H21ClN4O5/c1-4-25-15(24)21-12(18-13(22)10-6-5-7-26-10)9-8-20(14(17)23)16(2,3)11(9)19-21/h10H,4-8H2,1-3H3,(H,18,22). The Balaban J connectivity index is 1.99. The number of anilines is 1. The molecule has 3 heterocycles. The molecule has 1 fully saturated rings. The molecule has 1 saturated heterocycles. The van der Waals surface area contributed by atoms with Crippen LogP contribution >= 0.6 is 11.6 Å². The molecule has 1 unspecified atom stereocenters. The Labute approximate surface area is 155 Å². The van der Waals surface area contributed by atoms with Gasteiger partial charge in [-0.1, -0.05) is 0 Å². The van der Waals surface area contributed by atoms with Gasteiger partial charge in [-0.15, -0.1) is 4.68 Å². The predicted octanol–water partition coefficient (Wildman–Crippen LogP) is 2.41. The normalized spacial score (nSPS) is 20.8. The number of rotatable bonds is 3. The van der Waals surface area contributed by atoms with Crippen molar-refractivity contribution in [3.05, 3.63) is 11.3 Å². The molecule has 0 saturated carbocycles. The highest BCUT2D eigenvalue weighted by Gasteiger charge is 2.46. The third kappa shape index (κ3) is 3.05. The monoisotopic (exact) mass is 384 g/mol. The van der Waals surface area contributed by atoms with E-state index >= 15 is 0 Å². The van der Waals surface area contributed by atoms with E-state index < -0.39 is 23.1 Å². The van der Waals surface area contributed by atoms with Crippen LogP contribution in [-0.2, 0) is 26.4 Å². The van der Waals surface area contributed by atoms with Crippen LogP contribution in [0.15, 0.2) is 0 Å². The third-order valence-corrected chi connectivity index (χ3v) is 4.87. The molecule has 0 bridgehead atoms. The lowest BCUT2D eigenvalue weighted by molar-refractivity contribution is -0.124. The SMILES string of the molecule is CCOC(=O)n1nc2c(c1NC(=O)C1CCCO1)CN(C(=O)Cl)C2(C)C. The zero-order valence-electron chi connectivity index (χ0n) is 14.9. The smallest absolute Gasteiger partial charge is 0.436 e. The average molecular weight is 385 g/mol. The molecule has 1 aromatic heterocycles. The number of carbonyl (C=O) groups is 3. The first-order valence-electron chi connectivity index (χ1n) is 8.46. The number of fused-ring (bicyclic) bond motifs is 1. The highest BCUT2D eigenvalue weighted by molar-refractivity contribution is 6.62. The zero-order chi connectivity index (χ0) is 19.1. The summed E-state index contributed by atoms with van der Waals surface area (Å²) in [6.45, 7) is 6.04. The second-order valence-electron chi connectivity index (χ2n) is 6.68. The Morgan fingerprint density at radius 3 is 2.73 bits per heavy atom. The van der Waals surface area contributed by atoms with E-state index in [4.69, 9.17) is 21.1 Å². The fraction of sp³-hybridized carbons (Fsp3) is 0.625. The fourth-order valence-corrected chi connectivity index (χ4v) is 3.56. The second-order valence-corrected chi connectivity index (χ2v) is 7.00. The first-order chi connectivity index (χ1) is 12.3. The summed E-state index contributed by atoms with van der Waals surface area (Å²) in [5.74, 6) is -0.170. The molecule has 26 heavy (non-hydrogen) atoms. The zero-order valence-corrected chi connectivity index (χ0v) is 15.6. The molecule has 3 rings (SSSR count). The lowest BCUT2D eigenvalue weighted by Gasteiger charge is -2.29. The molecule has 0 spiro atoms. The number of aromatic nitrogens is 2. The summed E-state index contributed by atoms with van der Waals surface area (Å²) in [5, 5.41) is 6.40. The van der Waals surface area contributed by atoms with Crippen molar-refractivity contribution in [2.45, 2.75) is 51.8 Å². The van der Waals surface area contributed by atoms with Crippen LogP contribution in [-0.4, -0.2) is 51.4 Å². The summed E-state index contributed by atoms with van der Waals surface area (Å²) in [5.41, 5.74) is 0.223. The van der Waals surface area contributed by atoms with Crippen LogP contribution in [0.25, 0.3) is 0 Å². The Kier molecular flexibility index (Phi) is 4.94. The maximum atomic E-state index is 12.5. The van der Waals surface area contributed by atoms with Crippen molar-refractivity contribution < 1.29 is 23.9 Å². The van der Waals surface area contributed by atoms with E-state index in [0.717, 1.165) is 11.1 Å². The molecule has 10 heteroatoms. The molecule has 0 aromatic carbocycles. The summed E-state index contributed by atoms with van der Waals surface area (Å²) in [7, 11) is 0. The topological polar surface area (TPSA) is 103 Å². The van der Waals surface area contributed by atoms with Crippen molar-refractivity contribution in [2.24, 2.45) is 0 Å². The van der Waals surface area contributed by atoms with Crippen LogP contribution in [0.1, 0.15) is 44.9 Å². The average Bonchev–Trinajstić information content (AvgIpc) is 3.25. The fourth-order valence-electron chi connectivity index (χ4n) is 3.28. The van der Waals surface area contributed by atoms with Gasteiger partial charge in [-0.3, -0.25) is 9.59 Å². The molecule has 0 radical (unpaired) electrons. The minimum absolute atomic E-state index is 0.130. The molecule has 1 N–H and O–H groups in total. The summed E-state index contributed by atoms with van der Waals surface area (Å²) in [6.07, 6.45) is 0.134. The van der Waals surface area contributed by atoms with Crippen molar-refractivity contribution in [3.8, 4) is 0 Å². The van der Waals surface area contributed by atoms with E-state index in [-0.39, 0.29) is 24.9 Å². The number of halogens is 1. The summed E-state index contributed by atoms with van der Waals surface area (Å²) in [4.78, 5) is 37.9. The first kappa shape index (κ1) is 18.7. The van der Waals surface area contributed by atoms with E-state index in [1.807, 2.05) is 0 Å². The first-order valence-corrected chi connectivity index (χ1v) is 8.84. The van der Waals surface area contributed by atoms with E-state index in [9.17, 15) is 14.4 Å². The Morgan fingerprint density at radius 1 is 1.42 bits per heavy atom. The predicted molar refractivity (Wildman–Crippen MR) is 92.1 cm³/mol. The van der Waals surface area contributed by atoms with Crippen LogP contribution < -0.4 is 5.32 Å². The van der Waals surface area contributed by atoms with E-state index in [0.29, 0.717) is 24.3 Å². The largest absolute Gasteiger partial charge is 0.448 e. The van der Waals surface area contributed by atoms with E-state index in [1.165, 1.54) is 4.90 Å². The van der Waals surface area contributed by atoms with Gasteiger partial charge >= 0.3 is 11.5 Å². The summed E-state index contributed by atoms with van der Waals surface area (Å²) in [6, 6.07) is 0. The molecule has 142 valence electrons. The number of carbonyl (C=O) groups excluding carboxylic acids is 3. The van der Waals surface area contributed by atoms with E-state index in [2.05, 4.69) is 10.4 Å². The molecular formula is C16H21ClN4O5. The van der Waals surface area contributed by atoms with Gasteiger partial charge in [0, 0.05) is 12.2 Å². The Morgan fingerprint density at radius 2 is 2.15 bits per heavy atom. The molecule has 1 atom stereocenters.